The van der Waals surface area contributed by atoms with Crippen LogP contribution < -0.4 is 5.73 Å². The van der Waals surface area contributed by atoms with Crippen molar-refractivity contribution in [3.05, 3.63) is 18.2 Å². The van der Waals surface area contributed by atoms with Crippen molar-refractivity contribution in [3.8, 4) is 0 Å². The molecule has 0 aromatic carbocycles. The van der Waals surface area contributed by atoms with Crippen LogP contribution in [-0.4, -0.2) is 33.4 Å². The van der Waals surface area contributed by atoms with Gasteiger partial charge in [0.1, 0.15) is 5.82 Å². The van der Waals surface area contributed by atoms with Crippen LogP contribution in [0, 0.1) is 5.41 Å². The summed E-state index contributed by atoms with van der Waals surface area (Å²) in [6.07, 6.45) is 5.35. The molecule has 116 valence electrons. The lowest BCUT2D eigenvalue weighted by Gasteiger charge is -2.37. The van der Waals surface area contributed by atoms with Crippen LogP contribution in [-0.2, 0) is 17.9 Å². The third-order valence-corrected chi connectivity index (χ3v) is 4.23. The van der Waals surface area contributed by atoms with Gasteiger partial charge < -0.3 is 15.2 Å². The van der Waals surface area contributed by atoms with E-state index >= 15 is 0 Å². The van der Waals surface area contributed by atoms with Crippen molar-refractivity contribution in [1.82, 2.24) is 14.5 Å². The van der Waals surface area contributed by atoms with Gasteiger partial charge in [0, 0.05) is 32.0 Å². The molecule has 2 N–H and O–H groups in total. The summed E-state index contributed by atoms with van der Waals surface area (Å²) in [6.45, 7) is 6.69. The topological polar surface area (TPSA) is 64.2 Å². The molecule has 2 rings (SSSR count). The molecule has 1 amide bonds. The number of aromatic nitrogens is 2. The summed E-state index contributed by atoms with van der Waals surface area (Å²) in [6, 6.07) is 0. The molecule has 2 heterocycles. The van der Waals surface area contributed by atoms with E-state index < -0.39 is 5.41 Å². The van der Waals surface area contributed by atoms with Crippen molar-refractivity contribution in [1.29, 1.82) is 0 Å². The monoisotopic (exact) mass is 322 g/mol. The van der Waals surface area contributed by atoms with Crippen LogP contribution in [0.5, 0.6) is 0 Å². The second-order valence-corrected chi connectivity index (χ2v) is 4.96. The van der Waals surface area contributed by atoms with Crippen molar-refractivity contribution in [2.45, 2.75) is 39.8 Å². The molecular formula is C13H24Cl2N4O. The number of carbonyl (C=O) groups is 1. The van der Waals surface area contributed by atoms with E-state index in [0.717, 1.165) is 31.8 Å². The number of carbonyl (C=O) groups excluding carboxylic acids is 1. The average molecular weight is 323 g/mol. The summed E-state index contributed by atoms with van der Waals surface area (Å²) in [7, 11) is 0. The lowest BCUT2D eigenvalue weighted by Crippen LogP contribution is -2.49. The molecular weight excluding hydrogens is 299 g/mol. The molecule has 7 heteroatoms. The zero-order chi connectivity index (χ0) is 13.2. The summed E-state index contributed by atoms with van der Waals surface area (Å²) in [5, 5.41) is 0. The number of nitrogens with zero attached hydrogens (tertiary/aromatic N) is 3. The van der Waals surface area contributed by atoms with Crippen molar-refractivity contribution in [3.63, 3.8) is 0 Å². The van der Waals surface area contributed by atoms with E-state index in [1.807, 2.05) is 24.9 Å². The number of halogens is 2. The van der Waals surface area contributed by atoms with Crippen LogP contribution in [0.2, 0.25) is 0 Å². The first-order valence-electron chi connectivity index (χ1n) is 6.66. The van der Waals surface area contributed by atoms with Gasteiger partial charge in [-0.3, -0.25) is 4.79 Å². The number of hydrogen-bond acceptors (Lipinski definition) is 3. The van der Waals surface area contributed by atoms with Crippen LogP contribution in [0.4, 0.5) is 0 Å². The lowest BCUT2D eigenvalue weighted by molar-refractivity contribution is -0.143. The fraction of sp³-hybridized carbons (Fsp3) is 0.692. The quantitative estimate of drug-likeness (QED) is 0.919. The highest BCUT2D eigenvalue weighted by molar-refractivity contribution is 5.85. The zero-order valence-electron chi connectivity index (χ0n) is 12.0. The van der Waals surface area contributed by atoms with Gasteiger partial charge in [0.15, 0.2) is 0 Å². The summed E-state index contributed by atoms with van der Waals surface area (Å²) in [4.78, 5) is 18.8. The fourth-order valence-corrected chi connectivity index (χ4v) is 2.61. The molecule has 0 saturated carbocycles. The third kappa shape index (κ3) is 3.27. The standard InChI is InChI=1S/C13H22N4O.2ClH/c1-3-13(4-2,10-14)12(18)17-8-7-16-6-5-15-11(16)9-17;;/h5-6H,3-4,7-10,14H2,1-2H3;2*1H. The molecule has 20 heavy (non-hydrogen) atoms. The minimum Gasteiger partial charge on any atom is -0.333 e. The van der Waals surface area contributed by atoms with Gasteiger partial charge in [-0.2, -0.15) is 0 Å². The molecule has 0 aliphatic carbocycles. The largest absolute Gasteiger partial charge is 0.333 e. The van der Waals surface area contributed by atoms with Crippen molar-refractivity contribution < 1.29 is 4.79 Å². The van der Waals surface area contributed by atoms with Crippen molar-refractivity contribution in [2.75, 3.05) is 13.1 Å². The summed E-state index contributed by atoms with van der Waals surface area (Å²) < 4.78 is 2.10. The van der Waals surface area contributed by atoms with Crippen molar-refractivity contribution >= 4 is 30.7 Å². The number of rotatable bonds is 4. The Kier molecular flexibility index (Phi) is 7.55. The molecule has 1 aromatic rings. The van der Waals surface area contributed by atoms with Gasteiger partial charge in [-0.25, -0.2) is 4.98 Å². The molecule has 0 saturated heterocycles. The Labute approximate surface area is 132 Å². The highest BCUT2D eigenvalue weighted by atomic mass is 35.5. The van der Waals surface area contributed by atoms with Gasteiger partial charge >= 0.3 is 0 Å². The molecule has 0 unspecified atom stereocenters. The number of amides is 1. The van der Waals surface area contributed by atoms with Crippen LogP contribution in [0.1, 0.15) is 32.5 Å². The number of nitrogens with two attached hydrogens (primary N) is 1. The van der Waals surface area contributed by atoms with E-state index in [-0.39, 0.29) is 30.7 Å². The van der Waals surface area contributed by atoms with E-state index in [1.165, 1.54) is 0 Å². The zero-order valence-corrected chi connectivity index (χ0v) is 13.7. The number of hydrogen-bond donors (Lipinski definition) is 1. The molecule has 0 atom stereocenters. The van der Waals surface area contributed by atoms with Crippen LogP contribution >= 0.6 is 24.8 Å². The Balaban J connectivity index is 0.00000180. The smallest absolute Gasteiger partial charge is 0.230 e. The first kappa shape index (κ1) is 19.2. The fourth-order valence-electron chi connectivity index (χ4n) is 2.61. The first-order chi connectivity index (χ1) is 8.66. The number of fused-ring (bicyclic) bond motifs is 1. The van der Waals surface area contributed by atoms with E-state index in [9.17, 15) is 4.79 Å². The molecule has 0 spiro atoms. The highest BCUT2D eigenvalue weighted by Gasteiger charge is 2.37. The van der Waals surface area contributed by atoms with Gasteiger partial charge in [-0.1, -0.05) is 13.8 Å². The molecule has 0 fully saturated rings. The molecule has 1 aliphatic heterocycles. The molecule has 0 bridgehead atoms. The Morgan fingerprint density at radius 1 is 1.35 bits per heavy atom. The maximum Gasteiger partial charge on any atom is 0.230 e. The minimum atomic E-state index is -0.394. The molecule has 0 radical (unpaired) electrons. The average Bonchev–Trinajstić information content (AvgIpc) is 2.88. The maximum atomic E-state index is 12.7. The van der Waals surface area contributed by atoms with Gasteiger partial charge in [-0.05, 0) is 12.8 Å². The molecule has 5 nitrogen and oxygen atoms in total. The Morgan fingerprint density at radius 2 is 2.00 bits per heavy atom. The predicted octanol–water partition coefficient (Wildman–Crippen LogP) is 1.83. The second-order valence-electron chi connectivity index (χ2n) is 4.96. The van der Waals surface area contributed by atoms with Crippen LogP contribution in [0.3, 0.4) is 0 Å². The van der Waals surface area contributed by atoms with E-state index in [2.05, 4.69) is 9.55 Å². The lowest BCUT2D eigenvalue weighted by atomic mass is 9.81. The normalized spacial score (nSPS) is 14.1. The van der Waals surface area contributed by atoms with Gasteiger partial charge in [0.2, 0.25) is 5.91 Å². The summed E-state index contributed by atoms with van der Waals surface area (Å²) in [5.41, 5.74) is 5.45. The Hall–Kier alpha value is -0.780. The SMILES string of the molecule is CCC(CC)(CN)C(=O)N1CCn2ccnc2C1.Cl.Cl. The summed E-state index contributed by atoms with van der Waals surface area (Å²) in [5.74, 6) is 1.15. The predicted molar refractivity (Wildman–Crippen MR) is 84.2 cm³/mol. The maximum absolute atomic E-state index is 12.7. The van der Waals surface area contributed by atoms with E-state index in [0.29, 0.717) is 13.1 Å². The Bertz CT molecular complexity index is 423. The van der Waals surface area contributed by atoms with E-state index in [1.54, 1.807) is 6.20 Å². The van der Waals surface area contributed by atoms with Crippen LogP contribution in [0.15, 0.2) is 12.4 Å². The molecule has 1 aromatic heterocycles. The van der Waals surface area contributed by atoms with Crippen LogP contribution in [0.25, 0.3) is 0 Å². The molecule has 1 aliphatic rings. The Morgan fingerprint density at radius 3 is 2.55 bits per heavy atom. The van der Waals surface area contributed by atoms with E-state index in [4.69, 9.17) is 5.73 Å². The van der Waals surface area contributed by atoms with Gasteiger partial charge in [-0.15, -0.1) is 24.8 Å². The third-order valence-electron chi connectivity index (χ3n) is 4.23. The number of imidazole rings is 1. The minimum absolute atomic E-state index is 0. The second kappa shape index (κ2) is 7.86. The summed E-state index contributed by atoms with van der Waals surface area (Å²) >= 11 is 0. The first-order valence-corrected chi connectivity index (χ1v) is 6.66. The van der Waals surface area contributed by atoms with Gasteiger partial charge in [0.05, 0.1) is 12.0 Å². The highest BCUT2D eigenvalue weighted by Crippen LogP contribution is 2.29. The van der Waals surface area contributed by atoms with Gasteiger partial charge in [0.25, 0.3) is 0 Å². The van der Waals surface area contributed by atoms with Crippen molar-refractivity contribution in [2.24, 2.45) is 11.1 Å².